The average Bonchev–Trinajstić information content (AvgIpc) is 3.32. The van der Waals surface area contributed by atoms with Gasteiger partial charge in [0.05, 0.1) is 22.5 Å². The number of alkyl halides is 3. The van der Waals surface area contributed by atoms with Gasteiger partial charge >= 0.3 is 13.8 Å². The number of ether oxygens (including phenoxy) is 1. The fraction of sp³-hybridized carbons (Fsp3) is 0.485. The zero-order chi connectivity index (χ0) is 34.1. The van der Waals surface area contributed by atoms with Crippen LogP contribution in [-0.4, -0.2) is 50.3 Å². The van der Waals surface area contributed by atoms with E-state index < -0.39 is 30.3 Å². The molecule has 1 amide bonds. The molecule has 254 valence electrons. The Balaban J connectivity index is 1.45. The summed E-state index contributed by atoms with van der Waals surface area (Å²) in [5.41, 5.74) is 2.19. The van der Waals surface area contributed by atoms with Crippen LogP contribution in [-0.2, 0) is 27.2 Å². The lowest BCUT2D eigenvalue weighted by molar-refractivity contribution is -0.137. The molecule has 1 aromatic heterocycles. The van der Waals surface area contributed by atoms with Crippen molar-refractivity contribution in [2.45, 2.75) is 89.2 Å². The Morgan fingerprint density at radius 3 is 2.23 bits per heavy atom. The molecule has 0 spiro atoms. The number of rotatable bonds is 11. The second-order valence-corrected chi connectivity index (χ2v) is 14.2. The Morgan fingerprint density at radius 2 is 1.66 bits per heavy atom. The number of carbonyl (C=O) groups is 1. The van der Waals surface area contributed by atoms with Gasteiger partial charge in [-0.2, -0.15) is 18.2 Å². The summed E-state index contributed by atoms with van der Waals surface area (Å²) < 4.78 is 60.6. The van der Waals surface area contributed by atoms with E-state index in [0.29, 0.717) is 36.2 Å². The molecule has 0 radical (unpaired) electrons. The topological polar surface area (TPSA) is 137 Å². The summed E-state index contributed by atoms with van der Waals surface area (Å²) in [4.78, 5) is 43.1. The van der Waals surface area contributed by atoms with Gasteiger partial charge in [-0.15, -0.1) is 0 Å². The van der Waals surface area contributed by atoms with Gasteiger partial charge in [0.2, 0.25) is 5.95 Å². The summed E-state index contributed by atoms with van der Waals surface area (Å²) in [7, 11) is -2.82. The minimum absolute atomic E-state index is 0.136. The van der Waals surface area contributed by atoms with E-state index in [-0.39, 0.29) is 42.4 Å². The number of anilines is 4. The van der Waals surface area contributed by atoms with Gasteiger partial charge in [0.15, 0.2) is 0 Å². The fourth-order valence-corrected chi connectivity index (χ4v) is 8.25. The number of hydrogen-bond donors (Lipinski definition) is 4. The van der Waals surface area contributed by atoms with Crippen LogP contribution in [0.4, 0.5) is 36.3 Å². The molecule has 10 nitrogen and oxygen atoms in total. The normalized spacial score (nSPS) is 18.7. The molecule has 1 aliphatic carbocycles. The van der Waals surface area contributed by atoms with Gasteiger partial charge in [0, 0.05) is 32.1 Å². The highest BCUT2D eigenvalue weighted by Crippen LogP contribution is 2.61. The molecule has 3 aromatic rings. The van der Waals surface area contributed by atoms with E-state index in [2.05, 4.69) is 20.6 Å². The van der Waals surface area contributed by atoms with Gasteiger partial charge in [-0.05, 0) is 86.3 Å². The molecule has 1 saturated carbocycles. The number of nitrogens with zero attached hydrogens (tertiary/aromatic N) is 3. The van der Waals surface area contributed by atoms with Crippen molar-refractivity contribution in [1.29, 1.82) is 0 Å². The second-order valence-electron chi connectivity index (χ2n) is 12.2. The maximum absolute atomic E-state index is 14.1. The minimum atomic E-state index is -4.78. The van der Waals surface area contributed by atoms with Crippen LogP contribution in [0.25, 0.3) is 0 Å². The quantitative estimate of drug-likeness (QED) is 0.150. The van der Waals surface area contributed by atoms with Crippen molar-refractivity contribution in [3.05, 3.63) is 70.4 Å². The Hall–Kier alpha value is -3.51. The van der Waals surface area contributed by atoms with Gasteiger partial charge in [0.1, 0.15) is 11.4 Å². The molecule has 0 saturated heterocycles. The number of carbonyl (C=O) groups excluding carboxylic acids is 1. The van der Waals surface area contributed by atoms with Crippen molar-refractivity contribution in [3.63, 3.8) is 0 Å². The van der Waals surface area contributed by atoms with Crippen molar-refractivity contribution < 1.29 is 37.1 Å². The van der Waals surface area contributed by atoms with Gasteiger partial charge in [0.25, 0.3) is 5.91 Å². The molecule has 0 atom stereocenters. The first kappa shape index (κ1) is 34.8. The standard InChI is InChI=1S/C33H41F3N5O5P/c1-5-32(6-2,47(43,44)45)21-10-12-22(13-11-21)38-31-37-18-26(33(34,35)36)29(40-31)39-27-17-16-24(25-19-41(4)30(42)28(25)27)20-8-14-23(15-9-20)46-7-3/h10-13,16-18,20,23H,5-9,14-15,19H2,1-4H3,(H2,43,44,45)(H2,37,38,39,40)/t20-,23+. The van der Waals surface area contributed by atoms with E-state index in [4.69, 9.17) is 4.74 Å². The predicted molar refractivity (Wildman–Crippen MR) is 173 cm³/mol. The molecule has 2 aromatic carbocycles. The predicted octanol–water partition coefficient (Wildman–Crippen LogP) is 7.82. The number of aromatic nitrogens is 2. The molecule has 4 N–H and O–H groups in total. The smallest absolute Gasteiger partial charge is 0.379 e. The first-order valence-corrected chi connectivity index (χ1v) is 17.5. The van der Waals surface area contributed by atoms with Crippen LogP contribution in [0.3, 0.4) is 0 Å². The van der Waals surface area contributed by atoms with E-state index in [9.17, 15) is 32.3 Å². The van der Waals surface area contributed by atoms with Crippen LogP contribution in [0.1, 0.15) is 97.8 Å². The number of halogens is 3. The number of benzene rings is 2. The zero-order valence-electron chi connectivity index (χ0n) is 26.9. The molecule has 14 heteroatoms. The first-order valence-electron chi connectivity index (χ1n) is 15.9. The second kappa shape index (κ2) is 13.5. The molecule has 2 heterocycles. The number of hydrogen-bond acceptors (Lipinski definition) is 7. The monoisotopic (exact) mass is 675 g/mol. The summed E-state index contributed by atoms with van der Waals surface area (Å²) >= 11 is 0. The highest BCUT2D eigenvalue weighted by atomic mass is 31.2. The van der Waals surface area contributed by atoms with Gasteiger partial charge < -0.3 is 30.1 Å². The van der Waals surface area contributed by atoms with Crippen molar-refractivity contribution in [3.8, 4) is 0 Å². The molecule has 1 aliphatic heterocycles. The van der Waals surface area contributed by atoms with Crippen LogP contribution >= 0.6 is 7.60 Å². The molecule has 0 bridgehead atoms. The Morgan fingerprint density at radius 1 is 1.00 bits per heavy atom. The lowest BCUT2D eigenvalue weighted by Crippen LogP contribution is -2.24. The van der Waals surface area contributed by atoms with E-state index >= 15 is 0 Å². The highest BCUT2D eigenvalue weighted by molar-refractivity contribution is 7.53. The van der Waals surface area contributed by atoms with E-state index in [1.54, 1.807) is 56.1 Å². The summed E-state index contributed by atoms with van der Waals surface area (Å²) in [5.74, 6) is -0.705. The summed E-state index contributed by atoms with van der Waals surface area (Å²) in [6.45, 7) is 6.42. The van der Waals surface area contributed by atoms with E-state index in [1.807, 2.05) is 13.0 Å². The SMILES string of the molecule is CCO[C@H]1CC[C@@H](c2ccc(Nc3nc(Nc4ccc(C(CC)(CC)P(=O)(O)O)cc4)ncc3C(F)(F)F)c3c2CN(C)C3=O)CC1. The number of nitrogens with one attached hydrogen (secondary N) is 2. The lowest BCUT2D eigenvalue weighted by atomic mass is 9.80. The van der Waals surface area contributed by atoms with Crippen LogP contribution < -0.4 is 10.6 Å². The number of fused-ring (bicyclic) bond motifs is 1. The van der Waals surface area contributed by atoms with Crippen molar-refractivity contribution in [2.75, 3.05) is 24.3 Å². The molecule has 47 heavy (non-hydrogen) atoms. The Bertz CT molecular complexity index is 1650. The van der Waals surface area contributed by atoms with Crippen LogP contribution in [0, 0.1) is 0 Å². The Labute approximate surface area is 272 Å². The van der Waals surface area contributed by atoms with Gasteiger partial charge in [-0.1, -0.05) is 32.0 Å². The van der Waals surface area contributed by atoms with Gasteiger partial charge in [-0.25, -0.2) is 4.98 Å². The molecule has 0 unspecified atom stereocenters. The average molecular weight is 676 g/mol. The van der Waals surface area contributed by atoms with Crippen LogP contribution in [0.15, 0.2) is 42.6 Å². The lowest BCUT2D eigenvalue weighted by Gasteiger charge is -2.33. The minimum Gasteiger partial charge on any atom is -0.379 e. The molecular weight excluding hydrogens is 634 g/mol. The number of amides is 1. The first-order chi connectivity index (χ1) is 22.2. The maximum Gasteiger partial charge on any atom is 0.421 e. The van der Waals surface area contributed by atoms with Crippen molar-refractivity contribution in [1.82, 2.24) is 14.9 Å². The molecule has 2 aliphatic rings. The molecule has 5 rings (SSSR count). The summed E-state index contributed by atoms with van der Waals surface area (Å²) in [5, 5.41) is 4.34. The maximum atomic E-state index is 14.1. The van der Waals surface area contributed by atoms with Crippen LogP contribution in [0.5, 0.6) is 0 Å². The zero-order valence-corrected chi connectivity index (χ0v) is 27.8. The third-order valence-electron chi connectivity index (χ3n) is 9.57. The summed E-state index contributed by atoms with van der Waals surface area (Å²) in [6.07, 6.45) is 0.176. The third-order valence-corrected chi connectivity index (χ3v) is 11.6. The largest absolute Gasteiger partial charge is 0.421 e. The third kappa shape index (κ3) is 6.90. The summed E-state index contributed by atoms with van der Waals surface area (Å²) in [6, 6.07) is 9.85. The Kier molecular flexibility index (Phi) is 10.0. The fourth-order valence-electron chi connectivity index (χ4n) is 6.94. The highest BCUT2D eigenvalue weighted by Gasteiger charge is 2.45. The molecule has 1 fully saturated rings. The molecular formula is C33H41F3N5O5P. The van der Waals surface area contributed by atoms with Gasteiger partial charge in [-0.3, -0.25) is 9.36 Å². The van der Waals surface area contributed by atoms with Crippen LogP contribution in [0.2, 0.25) is 0 Å². The van der Waals surface area contributed by atoms with E-state index in [0.717, 1.165) is 36.8 Å². The van der Waals surface area contributed by atoms with E-state index in [1.165, 1.54) is 0 Å². The van der Waals surface area contributed by atoms with Crippen molar-refractivity contribution >= 4 is 36.6 Å². The van der Waals surface area contributed by atoms with Crippen molar-refractivity contribution in [2.24, 2.45) is 0 Å².